The molecule has 0 aromatic heterocycles. The number of aliphatic carboxylic acids is 1. The molecule has 0 aliphatic carbocycles. The molecule has 0 radical (unpaired) electrons. The topological polar surface area (TPSA) is 115 Å². The molecule has 1 aliphatic rings. The van der Waals surface area contributed by atoms with Crippen LogP contribution in [0.3, 0.4) is 0 Å². The van der Waals surface area contributed by atoms with Crippen LogP contribution in [-0.4, -0.2) is 104 Å². The van der Waals surface area contributed by atoms with Crippen LogP contribution >= 0.6 is 11.6 Å². The first-order valence-corrected chi connectivity index (χ1v) is 9.96. The zero-order valence-electron chi connectivity index (χ0n) is 17.6. The summed E-state index contributed by atoms with van der Waals surface area (Å²) >= 11 is 6.50. The minimum atomic E-state index is -0.865. The Labute approximate surface area is 177 Å². The van der Waals surface area contributed by atoms with Crippen LogP contribution in [0.4, 0.5) is 0 Å². The number of rotatable bonds is 12. The van der Waals surface area contributed by atoms with E-state index in [9.17, 15) is 9.59 Å². The quantitative estimate of drug-likeness (QED) is 0.349. The maximum atomic E-state index is 11.1. The molecule has 1 atom stereocenters. The number of carbonyl (C=O) groups is 2. The van der Waals surface area contributed by atoms with Crippen LogP contribution < -0.4 is 5.73 Å². The van der Waals surface area contributed by atoms with Crippen LogP contribution in [-0.2, 0) is 9.59 Å². The SMILES string of the molecule is C=N/C(=C(/Cl)C(C)=NCN)N1CCN(C)C(CCC=O)(CCN(C)CC(=O)O)C1. The van der Waals surface area contributed by atoms with Crippen LogP contribution in [0.25, 0.3) is 0 Å². The summed E-state index contributed by atoms with van der Waals surface area (Å²) in [5, 5.41) is 9.42. The lowest BCUT2D eigenvalue weighted by Crippen LogP contribution is -2.61. The Hall–Kier alpha value is -1.81. The van der Waals surface area contributed by atoms with Gasteiger partial charge in [0.15, 0.2) is 0 Å². The standard InChI is InChI=1S/C19H33ClN6O3/c1-15(23-14-21)17(20)18(22-2)26-10-9-25(4)19(13-26,6-5-11-27)7-8-24(3)12-16(28)29/h11H,2,5-10,12-14,21H2,1,3-4H3,(H,28,29)/b18-17-,23-15?. The summed E-state index contributed by atoms with van der Waals surface area (Å²) in [6.45, 7) is 8.18. The summed E-state index contributed by atoms with van der Waals surface area (Å²) in [5.74, 6) is -0.320. The van der Waals surface area contributed by atoms with Gasteiger partial charge >= 0.3 is 5.97 Å². The van der Waals surface area contributed by atoms with Crippen molar-refractivity contribution in [1.82, 2.24) is 14.7 Å². The van der Waals surface area contributed by atoms with E-state index >= 15 is 0 Å². The number of aliphatic imine (C=N–C) groups is 2. The summed E-state index contributed by atoms with van der Waals surface area (Å²) in [6, 6.07) is 0. The number of hydrogen-bond donors (Lipinski definition) is 2. The van der Waals surface area contributed by atoms with E-state index in [0.717, 1.165) is 12.8 Å². The fourth-order valence-corrected chi connectivity index (χ4v) is 3.86. The second kappa shape index (κ2) is 12.0. The van der Waals surface area contributed by atoms with Gasteiger partial charge < -0.3 is 20.5 Å². The monoisotopic (exact) mass is 428 g/mol. The Balaban J connectivity index is 3.15. The average molecular weight is 429 g/mol. The molecular formula is C19H33ClN6O3. The number of allylic oxidation sites excluding steroid dienone is 1. The second-order valence-electron chi connectivity index (χ2n) is 7.38. The number of carbonyl (C=O) groups excluding carboxylic acids is 1. The van der Waals surface area contributed by atoms with E-state index < -0.39 is 5.97 Å². The number of nitrogens with zero attached hydrogens (tertiary/aromatic N) is 5. The molecule has 9 nitrogen and oxygen atoms in total. The Morgan fingerprint density at radius 2 is 2.10 bits per heavy atom. The Morgan fingerprint density at radius 1 is 1.41 bits per heavy atom. The van der Waals surface area contributed by atoms with Gasteiger partial charge in [-0.15, -0.1) is 0 Å². The molecule has 1 rings (SSSR count). The van der Waals surface area contributed by atoms with Crippen molar-refractivity contribution in [1.29, 1.82) is 0 Å². The number of nitrogens with two attached hydrogens (primary N) is 1. The van der Waals surface area contributed by atoms with Gasteiger partial charge in [0.25, 0.3) is 0 Å². The van der Waals surface area contributed by atoms with Crippen LogP contribution in [0, 0.1) is 0 Å². The molecule has 1 heterocycles. The summed E-state index contributed by atoms with van der Waals surface area (Å²) < 4.78 is 0. The summed E-state index contributed by atoms with van der Waals surface area (Å²) in [4.78, 5) is 36.5. The molecule has 164 valence electrons. The first-order chi connectivity index (χ1) is 13.7. The van der Waals surface area contributed by atoms with Crippen LogP contribution in [0.15, 0.2) is 20.8 Å². The lowest BCUT2D eigenvalue weighted by atomic mass is 9.85. The van der Waals surface area contributed by atoms with E-state index in [1.54, 1.807) is 18.9 Å². The largest absolute Gasteiger partial charge is 0.480 e. The Kier molecular flexibility index (Phi) is 10.5. The number of piperazine rings is 1. The van der Waals surface area contributed by atoms with Gasteiger partial charge in [0, 0.05) is 38.1 Å². The molecule has 0 spiro atoms. The van der Waals surface area contributed by atoms with Crippen molar-refractivity contribution < 1.29 is 14.7 Å². The minimum Gasteiger partial charge on any atom is -0.480 e. The third kappa shape index (κ3) is 7.18. The highest BCUT2D eigenvalue weighted by Gasteiger charge is 2.40. The first-order valence-electron chi connectivity index (χ1n) is 9.59. The molecule has 1 aliphatic heterocycles. The van der Waals surface area contributed by atoms with Gasteiger partial charge in [0.05, 0.1) is 18.9 Å². The molecule has 1 fully saturated rings. The number of aldehydes is 1. The zero-order chi connectivity index (χ0) is 22.0. The van der Waals surface area contributed by atoms with E-state index in [0.29, 0.717) is 55.5 Å². The van der Waals surface area contributed by atoms with Crippen molar-refractivity contribution >= 4 is 36.3 Å². The number of likely N-dealkylation sites (N-methyl/N-ethyl adjacent to an activating group) is 2. The lowest BCUT2D eigenvalue weighted by Gasteiger charge is -2.50. The highest BCUT2D eigenvalue weighted by molar-refractivity contribution is 6.43. The molecule has 3 N–H and O–H groups in total. The fourth-order valence-electron chi connectivity index (χ4n) is 3.62. The van der Waals surface area contributed by atoms with Gasteiger partial charge in [0.1, 0.15) is 17.1 Å². The van der Waals surface area contributed by atoms with Crippen LogP contribution in [0.5, 0.6) is 0 Å². The molecule has 0 aromatic carbocycles. The number of carboxylic acid groups (broad SMARTS) is 1. The first kappa shape index (κ1) is 25.2. The number of hydrogen-bond acceptors (Lipinski definition) is 8. The highest BCUT2D eigenvalue weighted by Crippen LogP contribution is 2.32. The van der Waals surface area contributed by atoms with Crippen molar-refractivity contribution in [2.75, 3.05) is 53.5 Å². The molecule has 0 amide bonds. The summed E-state index contributed by atoms with van der Waals surface area (Å²) in [7, 11) is 3.81. The fraction of sp³-hybridized carbons (Fsp3) is 0.684. The molecular weight excluding hydrogens is 396 g/mol. The van der Waals surface area contributed by atoms with Gasteiger partial charge in [-0.25, -0.2) is 4.99 Å². The molecule has 1 unspecified atom stereocenters. The summed E-state index contributed by atoms with van der Waals surface area (Å²) in [6.07, 6.45) is 2.70. The van der Waals surface area contributed by atoms with E-state index in [4.69, 9.17) is 22.4 Å². The van der Waals surface area contributed by atoms with Gasteiger partial charge in [0.2, 0.25) is 0 Å². The smallest absolute Gasteiger partial charge is 0.317 e. The predicted molar refractivity (Wildman–Crippen MR) is 117 cm³/mol. The molecule has 0 bridgehead atoms. The van der Waals surface area contributed by atoms with Crippen LogP contribution in [0.1, 0.15) is 26.2 Å². The van der Waals surface area contributed by atoms with Crippen molar-refractivity contribution in [3.05, 3.63) is 10.9 Å². The molecule has 29 heavy (non-hydrogen) atoms. The van der Waals surface area contributed by atoms with E-state index in [-0.39, 0.29) is 18.8 Å². The minimum absolute atomic E-state index is 0.0306. The Bertz CT molecular complexity index is 654. The van der Waals surface area contributed by atoms with Gasteiger partial charge in [-0.2, -0.15) is 0 Å². The number of halogens is 1. The second-order valence-corrected chi connectivity index (χ2v) is 7.75. The maximum absolute atomic E-state index is 11.1. The van der Waals surface area contributed by atoms with Gasteiger partial charge in [-0.05, 0) is 40.6 Å². The molecule has 1 saturated heterocycles. The molecule has 0 aromatic rings. The van der Waals surface area contributed by atoms with Gasteiger partial charge in [-0.3, -0.25) is 19.6 Å². The van der Waals surface area contributed by atoms with Crippen LogP contribution in [0.2, 0.25) is 0 Å². The normalized spacial score (nSPS) is 21.9. The lowest BCUT2D eigenvalue weighted by molar-refractivity contribution is -0.138. The zero-order valence-corrected chi connectivity index (χ0v) is 18.4. The average Bonchev–Trinajstić information content (AvgIpc) is 2.67. The maximum Gasteiger partial charge on any atom is 0.317 e. The summed E-state index contributed by atoms with van der Waals surface area (Å²) in [5.41, 5.74) is 5.76. The number of carboxylic acids is 1. The van der Waals surface area contributed by atoms with E-state index in [1.165, 1.54) is 0 Å². The van der Waals surface area contributed by atoms with Crippen molar-refractivity contribution in [3.63, 3.8) is 0 Å². The van der Waals surface area contributed by atoms with Crippen molar-refractivity contribution in [2.24, 2.45) is 15.7 Å². The van der Waals surface area contributed by atoms with Gasteiger partial charge in [-0.1, -0.05) is 11.6 Å². The molecule has 0 saturated carbocycles. The Morgan fingerprint density at radius 3 is 2.66 bits per heavy atom. The van der Waals surface area contributed by atoms with Crippen molar-refractivity contribution in [2.45, 2.75) is 31.7 Å². The third-order valence-corrected chi connectivity index (χ3v) is 5.83. The predicted octanol–water partition coefficient (Wildman–Crippen LogP) is 0.844. The van der Waals surface area contributed by atoms with E-state index in [2.05, 4.69) is 26.5 Å². The third-order valence-electron chi connectivity index (χ3n) is 5.38. The molecule has 10 heteroatoms. The highest BCUT2D eigenvalue weighted by atomic mass is 35.5. The van der Waals surface area contributed by atoms with Crippen molar-refractivity contribution in [3.8, 4) is 0 Å². The van der Waals surface area contributed by atoms with E-state index in [1.807, 2.05) is 7.05 Å².